The Bertz CT molecular complexity index is 1550. The minimum Gasteiger partial charge on any atom is -0.489 e. The van der Waals surface area contributed by atoms with Crippen LogP contribution in [0.1, 0.15) is 16.0 Å². The first kappa shape index (κ1) is 21.5. The Morgan fingerprint density at radius 3 is 2.63 bits per heavy atom. The van der Waals surface area contributed by atoms with Gasteiger partial charge < -0.3 is 4.74 Å². The van der Waals surface area contributed by atoms with E-state index in [1.807, 2.05) is 60.0 Å². The number of hydrogen-bond donors (Lipinski definition) is 1. The fourth-order valence-electron chi connectivity index (χ4n) is 3.90. The van der Waals surface area contributed by atoms with Gasteiger partial charge in [-0.3, -0.25) is 10.2 Å². The summed E-state index contributed by atoms with van der Waals surface area (Å²) in [6.07, 6.45) is 1.67. The van der Waals surface area contributed by atoms with E-state index >= 15 is 0 Å². The first-order valence-electron chi connectivity index (χ1n) is 10.9. The van der Waals surface area contributed by atoms with E-state index in [1.165, 1.54) is 27.5 Å². The van der Waals surface area contributed by atoms with Gasteiger partial charge in [-0.15, -0.1) is 11.3 Å². The van der Waals surface area contributed by atoms with Gasteiger partial charge in [0.1, 0.15) is 17.4 Å². The summed E-state index contributed by atoms with van der Waals surface area (Å²) in [5.74, 6) is 0.314. The maximum atomic E-state index is 12.7. The fraction of sp³-hybridized carbons (Fsp3) is 0.0370. The van der Waals surface area contributed by atoms with Gasteiger partial charge in [0.05, 0.1) is 10.5 Å². The second kappa shape index (κ2) is 8.98. The van der Waals surface area contributed by atoms with E-state index in [2.05, 4.69) is 34.4 Å². The summed E-state index contributed by atoms with van der Waals surface area (Å²) in [5.41, 5.74) is 2.11. The number of nitrogens with zero attached hydrogens (tertiary/aromatic N) is 3. The Hall–Kier alpha value is -4.01. The average Bonchev–Trinajstić information content (AvgIpc) is 3.56. The Morgan fingerprint density at radius 2 is 1.80 bits per heavy atom. The van der Waals surface area contributed by atoms with Crippen molar-refractivity contribution in [1.82, 2.24) is 5.01 Å². The number of nitrogens with one attached hydrogen (secondary N) is 1. The lowest BCUT2D eigenvalue weighted by molar-refractivity contribution is -0.114. The van der Waals surface area contributed by atoms with Crippen molar-refractivity contribution in [3.05, 3.63) is 106 Å². The van der Waals surface area contributed by atoms with Gasteiger partial charge in [-0.25, -0.2) is 0 Å². The minimum absolute atomic E-state index is 0.0235. The molecule has 0 unspecified atom stereocenters. The van der Waals surface area contributed by atoms with Crippen LogP contribution in [0.15, 0.2) is 99.9 Å². The average molecular weight is 495 g/mol. The highest BCUT2D eigenvalue weighted by Gasteiger charge is 2.36. The Labute approximate surface area is 209 Å². The molecule has 0 spiro atoms. The zero-order valence-electron chi connectivity index (χ0n) is 18.3. The molecule has 0 radical (unpaired) electrons. The quantitative estimate of drug-likeness (QED) is 0.338. The van der Waals surface area contributed by atoms with Crippen LogP contribution in [0.25, 0.3) is 16.8 Å². The van der Waals surface area contributed by atoms with Crippen LogP contribution in [-0.4, -0.2) is 27.0 Å². The summed E-state index contributed by atoms with van der Waals surface area (Å²) in [6.45, 7) is 0.458. The monoisotopic (exact) mass is 494 g/mol. The van der Waals surface area contributed by atoms with E-state index in [9.17, 15) is 4.79 Å². The first-order valence-corrected chi connectivity index (χ1v) is 12.6. The van der Waals surface area contributed by atoms with E-state index in [4.69, 9.17) is 10.1 Å². The lowest BCUT2D eigenvalue weighted by atomic mass is 10.1. The number of carbonyl (C=O) groups excluding carboxylic acids is 1. The summed E-state index contributed by atoms with van der Waals surface area (Å²) in [5, 5.41) is 20.0. The summed E-state index contributed by atoms with van der Waals surface area (Å²) >= 11 is 2.87. The molecule has 3 aromatic carbocycles. The topological polar surface area (TPSA) is 78.1 Å². The molecule has 1 aromatic heterocycles. The number of ether oxygens (including phenoxy) is 1. The molecule has 0 saturated heterocycles. The second-order valence-corrected chi connectivity index (χ2v) is 9.80. The number of benzene rings is 3. The predicted molar refractivity (Wildman–Crippen MR) is 143 cm³/mol. The summed E-state index contributed by atoms with van der Waals surface area (Å²) < 4.78 is 6.01. The highest BCUT2D eigenvalue weighted by Crippen LogP contribution is 2.32. The van der Waals surface area contributed by atoms with Crippen molar-refractivity contribution in [2.45, 2.75) is 6.61 Å². The number of carbonyl (C=O) groups is 1. The summed E-state index contributed by atoms with van der Waals surface area (Å²) in [7, 11) is 0. The van der Waals surface area contributed by atoms with Gasteiger partial charge in [0.2, 0.25) is 5.17 Å². The number of rotatable bonds is 5. The molecule has 0 saturated carbocycles. The minimum atomic E-state index is -0.437. The van der Waals surface area contributed by atoms with Gasteiger partial charge in [0.15, 0.2) is 5.84 Å². The number of amides is 1. The molecule has 2 aliphatic heterocycles. The van der Waals surface area contributed by atoms with Crippen molar-refractivity contribution in [2.24, 2.45) is 10.1 Å². The molecule has 0 fully saturated rings. The zero-order valence-corrected chi connectivity index (χ0v) is 20.0. The number of amidine groups is 2. The zero-order chi connectivity index (χ0) is 23.8. The molecule has 6 rings (SSSR count). The van der Waals surface area contributed by atoms with Crippen LogP contribution >= 0.6 is 23.1 Å². The summed E-state index contributed by atoms with van der Waals surface area (Å²) in [4.78, 5) is 17.8. The second-order valence-electron chi connectivity index (χ2n) is 7.90. The molecule has 0 bridgehead atoms. The lowest BCUT2D eigenvalue weighted by Crippen LogP contribution is -2.35. The normalized spacial score (nSPS) is 16.5. The number of fused-ring (bicyclic) bond motifs is 2. The van der Waals surface area contributed by atoms with E-state index in [-0.39, 0.29) is 11.4 Å². The van der Waals surface area contributed by atoms with Gasteiger partial charge in [-0.05, 0) is 63.3 Å². The van der Waals surface area contributed by atoms with Crippen LogP contribution in [0, 0.1) is 5.41 Å². The third-order valence-corrected chi connectivity index (χ3v) is 7.60. The maximum Gasteiger partial charge on any atom is 0.283 e. The fourth-order valence-corrected chi connectivity index (χ4v) is 5.58. The van der Waals surface area contributed by atoms with Crippen molar-refractivity contribution in [3.63, 3.8) is 0 Å². The van der Waals surface area contributed by atoms with Crippen LogP contribution in [0.5, 0.6) is 5.75 Å². The van der Waals surface area contributed by atoms with Crippen LogP contribution in [0.4, 0.5) is 0 Å². The summed E-state index contributed by atoms with van der Waals surface area (Å²) in [6, 6.07) is 25.8. The molecule has 1 amide bonds. The van der Waals surface area contributed by atoms with E-state index in [1.54, 1.807) is 17.4 Å². The lowest BCUT2D eigenvalue weighted by Gasteiger charge is -2.20. The number of thioether (sulfide) groups is 1. The number of thiophene rings is 1. The molecule has 4 aromatic rings. The smallest absolute Gasteiger partial charge is 0.283 e. The SMILES string of the molecule is N=C1/C(=C/c2ccc(OCc3cccc4ccccc34)cc2)C(=O)N=C2SC(c3cccs3)=NN12. The van der Waals surface area contributed by atoms with E-state index < -0.39 is 5.91 Å². The first-order chi connectivity index (χ1) is 17.2. The van der Waals surface area contributed by atoms with Crippen LogP contribution < -0.4 is 4.74 Å². The molecule has 0 aliphatic carbocycles. The largest absolute Gasteiger partial charge is 0.489 e. The molecule has 170 valence electrons. The molecule has 1 N–H and O–H groups in total. The molecule has 8 heteroatoms. The molecule has 0 atom stereocenters. The van der Waals surface area contributed by atoms with Gasteiger partial charge in [-0.2, -0.15) is 15.1 Å². The van der Waals surface area contributed by atoms with Crippen molar-refractivity contribution in [1.29, 1.82) is 5.41 Å². The highest BCUT2D eigenvalue weighted by molar-refractivity contribution is 8.27. The maximum absolute atomic E-state index is 12.7. The van der Waals surface area contributed by atoms with Gasteiger partial charge >= 0.3 is 0 Å². The van der Waals surface area contributed by atoms with Gasteiger partial charge in [-0.1, -0.05) is 60.7 Å². The Balaban J connectivity index is 1.19. The number of aliphatic imine (C=N–C) groups is 1. The molecule has 35 heavy (non-hydrogen) atoms. The standard InChI is InChI=1S/C27H18N4O2S2/c28-24-22(25(32)29-27-31(24)30-26(35-27)23-9-4-14-34-23)15-17-10-12-20(13-11-17)33-16-19-7-3-6-18-5-1-2-8-21(18)19/h1-15,28H,16H2/b22-15-,28-24?. The molecule has 3 heterocycles. The van der Waals surface area contributed by atoms with Crippen LogP contribution in [0.3, 0.4) is 0 Å². The Morgan fingerprint density at radius 1 is 0.971 bits per heavy atom. The van der Waals surface area contributed by atoms with Crippen molar-refractivity contribution in [3.8, 4) is 5.75 Å². The van der Waals surface area contributed by atoms with Crippen molar-refractivity contribution < 1.29 is 9.53 Å². The van der Waals surface area contributed by atoms with Gasteiger partial charge in [0.25, 0.3) is 5.91 Å². The highest BCUT2D eigenvalue weighted by atomic mass is 32.2. The third kappa shape index (κ3) is 4.18. The number of hydrogen-bond acceptors (Lipinski definition) is 6. The van der Waals surface area contributed by atoms with Crippen molar-refractivity contribution in [2.75, 3.05) is 0 Å². The van der Waals surface area contributed by atoms with Crippen molar-refractivity contribution >= 4 is 61.9 Å². The predicted octanol–water partition coefficient (Wildman–Crippen LogP) is 6.15. The third-order valence-electron chi connectivity index (χ3n) is 5.65. The molecule has 2 aliphatic rings. The Kier molecular flexibility index (Phi) is 5.52. The van der Waals surface area contributed by atoms with E-state index in [0.717, 1.165) is 26.8 Å². The van der Waals surface area contributed by atoms with Gasteiger partial charge in [0, 0.05) is 0 Å². The molecule has 6 nitrogen and oxygen atoms in total. The number of hydrazone groups is 1. The molecular formula is C27H18N4O2S2. The molecular weight excluding hydrogens is 476 g/mol. The van der Waals surface area contributed by atoms with Crippen LogP contribution in [0.2, 0.25) is 0 Å². The van der Waals surface area contributed by atoms with Crippen LogP contribution in [-0.2, 0) is 11.4 Å². The van der Waals surface area contributed by atoms with E-state index in [0.29, 0.717) is 11.8 Å².